The van der Waals surface area contributed by atoms with E-state index in [0.29, 0.717) is 6.04 Å². The van der Waals surface area contributed by atoms with Gasteiger partial charge in [-0.15, -0.1) is 11.3 Å². The van der Waals surface area contributed by atoms with Crippen LogP contribution in [-0.4, -0.2) is 16.7 Å². The molecule has 1 heterocycles. The van der Waals surface area contributed by atoms with Gasteiger partial charge in [0.15, 0.2) is 0 Å². The van der Waals surface area contributed by atoms with Gasteiger partial charge in [0.2, 0.25) is 0 Å². The zero-order valence-corrected chi connectivity index (χ0v) is 20.8. The summed E-state index contributed by atoms with van der Waals surface area (Å²) in [7, 11) is 0. The van der Waals surface area contributed by atoms with Crippen molar-refractivity contribution in [3.05, 3.63) is 64.3 Å². The summed E-state index contributed by atoms with van der Waals surface area (Å²) in [5, 5.41) is 4.40. The standard InChI is InChI=1S/C20H23N3S.C7H16/c1-5-7-18(22-14(3)21-17-10-11-17)20-19(23-15(4)24-20)16-9-6-8-13(2)12-16;1-3-5-7-6-4-2/h5-9,12,17,21H,3,10-11H2,1-2,4H3;3-7H2,1-2H3/b7-5-,22-18+;. The topological polar surface area (TPSA) is 37.3 Å². The zero-order valence-electron chi connectivity index (χ0n) is 20.0. The molecule has 0 aliphatic heterocycles. The number of nitrogens with zero attached hydrogens (tertiary/aromatic N) is 2. The molecule has 2 aromatic rings. The molecular formula is C27H39N3S. The van der Waals surface area contributed by atoms with Crippen LogP contribution in [0.5, 0.6) is 0 Å². The van der Waals surface area contributed by atoms with Crippen molar-refractivity contribution in [2.75, 3.05) is 0 Å². The number of hydrogen-bond acceptors (Lipinski definition) is 4. The Morgan fingerprint density at radius 1 is 1.19 bits per heavy atom. The second-order valence-electron chi connectivity index (χ2n) is 8.20. The Morgan fingerprint density at radius 3 is 2.48 bits per heavy atom. The van der Waals surface area contributed by atoms with Crippen LogP contribution in [0.2, 0.25) is 0 Å². The SMILES string of the molecule is C=C(/N=C(\C=C/C)c1sc(C)nc1-c1cccc(C)c1)NC1CC1.CCCCCCC. The van der Waals surface area contributed by atoms with Crippen LogP contribution in [-0.2, 0) is 0 Å². The monoisotopic (exact) mass is 437 g/mol. The van der Waals surface area contributed by atoms with Crippen molar-refractivity contribution in [3.63, 3.8) is 0 Å². The van der Waals surface area contributed by atoms with E-state index >= 15 is 0 Å². The van der Waals surface area contributed by atoms with E-state index in [1.807, 2.05) is 26.0 Å². The number of allylic oxidation sites excluding steroid dienone is 2. The Hall–Kier alpha value is -2.20. The van der Waals surface area contributed by atoms with E-state index in [0.717, 1.165) is 32.7 Å². The predicted molar refractivity (Wildman–Crippen MR) is 138 cm³/mol. The van der Waals surface area contributed by atoms with Crippen LogP contribution < -0.4 is 5.32 Å². The first-order valence-electron chi connectivity index (χ1n) is 11.7. The fourth-order valence-corrected chi connectivity index (χ4v) is 4.14. The molecule has 1 saturated carbocycles. The Kier molecular flexibility index (Phi) is 10.7. The molecule has 3 nitrogen and oxygen atoms in total. The summed E-state index contributed by atoms with van der Waals surface area (Å²) in [5.41, 5.74) is 4.27. The van der Waals surface area contributed by atoms with Gasteiger partial charge < -0.3 is 5.32 Å². The number of hydrogen-bond donors (Lipinski definition) is 1. The number of aryl methyl sites for hydroxylation is 2. The summed E-state index contributed by atoms with van der Waals surface area (Å²) < 4.78 is 0. The minimum atomic E-state index is 0.549. The van der Waals surface area contributed by atoms with Gasteiger partial charge in [0.1, 0.15) is 5.82 Å². The molecule has 3 rings (SSSR count). The molecule has 1 aromatic carbocycles. The van der Waals surface area contributed by atoms with Crippen molar-refractivity contribution >= 4 is 17.0 Å². The van der Waals surface area contributed by atoms with Crippen LogP contribution in [0.3, 0.4) is 0 Å². The second kappa shape index (κ2) is 13.3. The third kappa shape index (κ3) is 8.82. The zero-order chi connectivity index (χ0) is 22.6. The summed E-state index contributed by atoms with van der Waals surface area (Å²) in [4.78, 5) is 10.6. The highest BCUT2D eigenvalue weighted by atomic mass is 32.1. The van der Waals surface area contributed by atoms with Crippen molar-refractivity contribution in [2.45, 2.75) is 85.6 Å². The molecule has 0 spiro atoms. The highest BCUT2D eigenvalue weighted by molar-refractivity contribution is 7.14. The fourth-order valence-electron chi connectivity index (χ4n) is 3.23. The number of aliphatic imine (C=N–C) groups is 1. The molecule has 1 aliphatic carbocycles. The smallest absolute Gasteiger partial charge is 0.119 e. The molecule has 168 valence electrons. The highest BCUT2D eigenvalue weighted by Crippen LogP contribution is 2.30. The second-order valence-corrected chi connectivity index (χ2v) is 9.41. The largest absolute Gasteiger partial charge is 0.368 e. The number of benzene rings is 1. The molecular weight excluding hydrogens is 398 g/mol. The first-order chi connectivity index (χ1) is 15.0. The van der Waals surface area contributed by atoms with Crippen molar-refractivity contribution in [1.82, 2.24) is 10.3 Å². The minimum absolute atomic E-state index is 0.549. The molecule has 4 heteroatoms. The molecule has 0 amide bonds. The molecule has 31 heavy (non-hydrogen) atoms. The van der Waals surface area contributed by atoms with Gasteiger partial charge in [0, 0.05) is 11.6 Å². The number of nitrogens with one attached hydrogen (secondary N) is 1. The van der Waals surface area contributed by atoms with Crippen molar-refractivity contribution in [3.8, 4) is 11.3 Å². The van der Waals surface area contributed by atoms with Gasteiger partial charge in [-0.25, -0.2) is 9.98 Å². The first-order valence-corrected chi connectivity index (χ1v) is 12.5. The quantitative estimate of drug-likeness (QED) is 0.302. The van der Waals surface area contributed by atoms with Crippen LogP contribution in [0.4, 0.5) is 0 Å². The number of thiazole rings is 1. The lowest BCUT2D eigenvalue weighted by Gasteiger charge is -2.07. The molecule has 1 aromatic heterocycles. The van der Waals surface area contributed by atoms with Gasteiger partial charge in [-0.05, 0) is 45.8 Å². The van der Waals surface area contributed by atoms with Crippen LogP contribution in [0.1, 0.15) is 81.2 Å². The Morgan fingerprint density at radius 2 is 1.90 bits per heavy atom. The molecule has 0 radical (unpaired) electrons. The van der Waals surface area contributed by atoms with E-state index in [2.05, 4.69) is 56.9 Å². The van der Waals surface area contributed by atoms with Gasteiger partial charge in [0.25, 0.3) is 0 Å². The molecule has 0 saturated heterocycles. The maximum atomic E-state index is 4.76. The average molecular weight is 438 g/mol. The summed E-state index contributed by atoms with van der Waals surface area (Å²) in [6.45, 7) is 14.7. The number of rotatable bonds is 10. The third-order valence-electron chi connectivity index (χ3n) is 4.99. The molecule has 0 bridgehead atoms. The molecule has 0 unspecified atom stereocenters. The van der Waals surface area contributed by atoms with Gasteiger partial charge in [-0.3, -0.25) is 0 Å². The maximum Gasteiger partial charge on any atom is 0.119 e. The van der Waals surface area contributed by atoms with E-state index in [1.165, 1.54) is 50.5 Å². The van der Waals surface area contributed by atoms with Crippen LogP contribution >= 0.6 is 11.3 Å². The van der Waals surface area contributed by atoms with E-state index in [1.54, 1.807) is 11.3 Å². The summed E-state index contributed by atoms with van der Waals surface area (Å²) in [5.74, 6) is 0.729. The Bertz CT molecular complexity index is 884. The van der Waals surface area contributed by atoms with Crippen LogP contribution in [0.25, 0.3) is 11.3 Å². The van der Waals surface area contributed by atoms with Gasteiger partial charge >= 0.3 is 0 Å². The number of unbranched alkanes of at least 4 members (excludes halogenated alkanes) is 4. The van der Waals surface area contributed by atoms with Crippen LogP contribution in [0.15, 0.2) is 53.8 Å². The lowest BCUT2D eigenvalue weighted by molar-refractivity contribution is 0.656. The first kappa shape index (κ1) is 25.1. The minimum Gasteiger partial charge on any atom is -0.368 e. The van der Waals surface area contributed by atoms with E-state index in [4.69, 9.17) is 9.98 Å². The molecule has 0 atom stereocenters. The average Bonchev–Trinajstić information content (AvgIpc) is 3.46. The summed E-state index contributed by atoms with van der Waals surface area (Å²) in [6.07, 6.45) is 13.5. The van der Waals surface area contributed by atoms with Crippen LogP contribution in [0, 0.1) is 13.8 Å². The lowest BCUT2D eigenvalue weighted by Crippen LogP contribution is -2.14. The summed E-state index contributed by atoms with van der Waals surface area (Å²) >= 11 is 1.68. The number of aromatic nitrogens is 1. The van der Waals surface area contributed by atoms with E-state index in [-0.39, 0.29) is 0 Å². The molecule has 1 N–H and O–H groups in total. The molecule has 1 fully saturated rings. The van der Waals surface area contributed by atoms with Gasteiger partial charge in [0.05, 0.1) is 21.3 Å². The van der Waals surface area contributed by atoms with Crippen molar-refractivity contribution < 1.29 is 0 Å². The van der Waals surface area contributed by atoms with E-state index < -0.39 is 0 Å². The van der Waals surface area contributed by atoms with Gasteiger partial charge in [-0.1, -0.05) is 82.4 Å². The lowest BCUT2D eigenvalue weighted by atomic mass is 10.1. The fraction of sp³-hybridized carbons (Fsp3) is 0.481. The maximum absolute atomic E-state index is 4.76. The Labute approximate surface area is 193 Å². The normalized spacial score (nSPS) is 13.8. The Balaban J connectivity index is 0.000000423. The highest BCUT2D eigenvalue weighted by Gasteiger charge is 2.21. The predicted octanol–water partition coefficient (Wildman–Crippen LogP) is 7.99. The van der Waals surface area contributed by atoms with Gasteiger partial charge in [-0.2, -0.15) is 0 Å². The third-order valence-corrected chi connectivity index (χ3v) is 5.99. The van der Waals surface area contributed by atoms with Crippen molar-refractivity contribution in [2.24, 2.45) is 4.99 Å². The molecule has 1 aliphatic rings. The van der Waals surface area contributed by atoms with Crippen molar-refractivity contribution in [1.29, 1.82) is 0 Å². The summed E-state index contributed by atoms with van der Waals surface area (Å²) in [6, 6.07) is 9.00. The van der Waals surface area contributed by atoms with E-state index in [9.17, 15) is 0 Å².